The summed E-state index contributed by atoms with van der Waals surface area (Å²) in [4.78, 5) is 6.49. The van der Waals surface area contributed by atoms with Crippen LogP contribution in [0.4, 0.5) is 0 Å². The molecule has 4 heteroatoms. The van der Waals surface area contributed by atoms with Gasteiger partial charge >= 0.3 is 0 Å². The molecular formula is C15H22N4. The molecule has 19 heavy (non-hydrogen) atoms. The van der Waals surface area contributed by atoms with Crippen LogP contribution in [-0.2, 0) is 6.54 Å². The molecule has 1 N–H and O–H groups in total. The lowest BCUT2D eigenvalue weighted by molar-refractivity contribution is 0.172. The van der Waals surface area contributed by atoms with Crippen molar-refractivity contribution in [3.63, 3.8) is 0 Å². The Morgan fingerprint density at radius 1 is 1.47 bits per heavy atom. The monoisotopic (exact) mass is 258 g/mol. The van der Waals surface area contributed by atoms with Crippen molar-refractivity contribution in [2.24, 2.45) is 5.92 Å². The van der Waals surface area contributed by atoms with Crippen LogP contribution in [0.1, 0.15) is 30.5 Å². The molecule has 2 rings (SSSR count). The molecule has 0 aromatic carbocycles. The number of nitrogens with zero attached hydrogens (tertiary/aromatic N) is 3. The zero-order valence-corrected chi connectivity index (χ0v) is 11.6. The third-order valence-corrected chi connectivity index (χ3v) is 3.85. The number of rotatable bonds is 5. The summed E-state index contributed by atoms with van der Waals surface area (Å²) in [6.07, 6.45) is 5.60. The van der Waals surface area contributed by atoms with Gasteiger partial charge in [0.25, 0.3) is 0 Å². The first-order chi connectivity index (χ1) is 9.31. The molecule has 1 aliphatic rings. The van der Waals surface area contributed by atoms with Crippen LogP contribution in [0.2, 0.25) is 0 Å². The molecule has 0 atom stereocenters. The van der Waals surface area contributed by atoms with Gasteiger partial charge in [-0.1, -0.05) is 0 Å². The lowest BCUT2D eigenvalue weighted by atomic mass is 9.93. The van der Waals surface area contributed by atoms with Gasteiger partial charge in [0.05, 0.1) is 0 Å². The molecule has 4 nitrogen and oxygen atoms in total. The van der Waals surface area contributed by atoms with Crippen molar-refractivity contribution in [3.05, 3.63) is 29.6 Å². The van der Waals surface area contributed by atoms with Gasteiger partial charge in [-0.25, -0.2) is 4.98 Å². The van der Waals surface area contributed by atoms with Gasteiger partial charge in [-0.05, 0) is 69.6 Å². The lowest BCUT2D eigenvalue weighted by Crippen LogP contribution is -2.34. The van der Waals surface area contributed by atoms with E-state index < -0.39 is 0 Å². The minimum Gasteiger partial charge on any atom is -0.320 e. The van der Waals surface area contributed by atoms with E-state index in [-0.39, 0.29) is 0 Å². The fourth-order valence-corrected chi connectivity index (χ4v) is 2.67. The Kier molecular flexibility index (Phi) is 5.31. The highest BCUT2D eigenvalue weighted by molar-refractivity contribution is 5.25. The first-order valence-electron chi connectivity index (χ1n) is 7.04. The first kappa shape index (κ1) is 14.0. The van der Waals surface area contributed by atoms with Gasteiger partial charge in [-0.3, -0.25) is 4.90 Å². The van der Waals surface area contributed by atoms with Crippen LogP contribution in [0.25, 0.3) is 0 Å². The van der Waals surface area contributed by atoms with Gasteiger partial charge in [-0.2, -0.15) is 5.26 Å². The van der Waals surface area contributed by atoms with E-state index in [1.165, 1.54) is 37.9 Å². The molecular weight excluding hydrogens is 236 g/mol. The zero-order valence-electron chi connectivity index (χ0n) is 11.6. The second kappa shape index (κ2) is 7.22. The van der Waals surface area contributed by atoms with Crippen LogP contribution in [0.5, 0.6) is 0 Å². The summed E-state index contributed by atoms with van der Waals surface area (Å²) < 4.78 is 0. The third kappa shape index (κ3) is 4.30. The molecule has 0 aliphatic carbocycles. The van der Waals surface area contributed by atoms with Gasteiger partial charge in [0, 0.05) is 12.7 Å². The maximum absolute atomic E-state index is 8.85. The second-order valence-electron chi connectivity index (χ2n) is 5.27. The van der Waals surface area contributed by atoms with Gasteiger partial charge in [0.2, 0.25) is 0 Å². The minimum atomic E-state index is 0.515. The molecule has 1 aliphatic heterocycles. The van der Waals surface area contributed by atoms with E-state index in [0.29, 0.717) is 5.69 Å². The molecule has 0 amide bonds. The molecule has 2 heterocycles. The number of hydrogen-bond donors (Lipinski definition) is 1. The number of pyridine rings is 1. The predicted molar refractivity (Wildman–Crippen MR) is 75.5 cm³/mol. The van der Waals surface area contributed by atoms with E-state index in [4.69, 9.17) is 5.26 Å². The number of nitriles is 1. The van der Waals surface area contributed by atoms with Crippen molar-refractivity contribution < 1.29 is 0 Å². The average Bonchev–Trinajstić information content (AvgIpc) is 2.47. The SMILES string of the molecule is CNCCC1CCN(Cc2ccnc(C#N)c2)CC1. The molecule has 0 unspecified atom stereocenters. The summed E-state index contributed by atoms with van der Waals surface area (Å²) in [5.74, 6) is 0.871. The summed E-state index contributed by atoms with van der Waals surface area (Å²) in [6, 6.07) is 6.00. The highest BCUT2D eigenvalue weighted by Gasteiger charge is 2.18. The fraction of sp³-hybridized carbons (Fsp3) is 0.600. The van der Waals surface area contributed by atoms with Crippen molar-refractivity contribution in [2.45, 2.75) is 25.8 Å². The molecule has 1 fully saturated rings. The highest BCUT2D eigenvalue weighted by Crippen LogP contribution is 2.21. The maximum Gasteiger partial charge on any atom is 0.140 e. The Morgan fingerprint density at radius 3 is 2.95 bits per heavy atom. The molecule has 0 saturated carbocycles. The Morgan fingerprint density at radius 2 is 2.26 bits per heavy atom. The standard InChI is InChI=1S/C15H22N4/c1-17-6-2-13-4-8-19(9-5-13)12-14-3-7-18-15(10-14)11-16/h3,7,10,13,17H,2,4-6,8-9,12H2,1H3. The van der Waals surface area contributed by atoms with Crippen LogP contribution in [0.3, 0.4) is 0 Å². The van der Waals surface area contributed by atoms with Crippen LogP contribution in [-0.4, -0.2) is 36.6 Å². The predicted octanol–water partition coefficient (Wildman–Crippen LogP) is 1.77. The van der Waals surface area contributed by atoms with Crippen molar-refractivity contribution in [1.82, 2.24) is 15.2 Å². The molecule has 0 radical (unpaired) electrons. The summed E-state index contributed by atoms with van der Waals surface area (Å²) in [5.41, 5.74) is 1.71. The quantitative estimate of drug-likeness (QED) is 0.874. The summed E-state index contributed by atoms with van der Waals surface area (Å²) in [6.45, 7) is 4.40. The Balaban J connectivity index is 1.80. The first-order valence-corrected chi connectivity index (χ1v) is 7.04. The highest BCUT2D eigenvalue weighted by atomic mass is 15.1. The van der Waals surface area contributed by atoms with Crippen molar-refractivity contribution in [3.8, 4) is 6.07 Å². The molecule has 1 saturated heterocycles. The molecule has 1 aromatic heterocycles. The van der Waals surface area contributed by atoms with E-state index in [0.717, 1.165) is 19.0 Å². The summed E-state index contributed by atoms with van der Waals surface area (Å²) in [5, 5.41) is 12.1. The third-order valence-electron chi connectivity index (χ3n) is 3.85. The zero-order chi connectivity index (χ0) is 13.5. The van der Waals surface area contributed by atoms with Gasteiger partial charge in [0.1, 0.15) is 11.8 Å². The maximum atomic E-state index is 8.85. The average molecular weight is 258 g/mol. The fourth-order valence-electron chi connectivity index (χ4n) is 2.67. The minimum absolute atomic E-state index is 0.515. The van der Waals surface area contributed by atoms with Gasteiger partial charge in [0.15, 0.2) is 0 Å². The van der Waals surface area contributed by atoms with Crippen LogP contribution in [0.15, 0.2) is 18.3 Å². The van der Waals surface area contributed by atoms with Crippen LogP contribution < -0.4 is 5.32 Å². The van der Waals surface area contributed by atoms with Crippen molar-refractivity contribution in [2.75, 3.05) is 26.7 Å². The molecule has 102 valence electrons. The normalized spacial score (nSPS) is 17.3. The lowest BCUT2D eigenvalue weighted by Gasteiger charge is -2.32. The molecule has 1 aromatic rings. The Hall–Kier alpha value is -1.44. The van der Waals surface area contributed by atoms with Gasteiger partial charge in [-0.15, -0.1) is 0 Å². The molecule has 0 spiro atoms. The van der Waals surface area contributed by atoms with E-state index in [1.54, 1.807) is 6.20 Å². The van der Waals surface area contributed by atoms with Crippen molar-refractivity contribution >= 4 is 0 Å². The Labute approximate surface area is 115 Å². The van der Waals surface area contributed by atoms with Crippen LogP contribution in [0, 0.1) is 17.2 Å². The number of nitrogens with one attached hydrogen (secondary N) is 1. The van der Waals surface area contributed by atoms with E-state index in [2.05, 4.69) is 21.3 Å². The summed E-state index contributed by atoms with van der Waals surface area (Å²) in [7, 11) is 2.02. The summed E-state index contributed by atoms with van der Waals surface area (Å²) >= 11 is 0. The number of aromatic nitrogens is 1. The number of hydrogen-bond acceptors (Lipinski definition) is 4. The van der Waals surface area contributed by atoms with Gasteiger partial charge < -0.3 is 5.32 Å². The topological polar surface area (TPSA) is 52.0 Å². The number of piperidine rings is 1. The molecule has 0 bridgehead atoms. The van der Waals surface area contributed by atoms with E-state index in [9.17, 15) is 0 Å². The number of likely N-dealkylation sites (tertiary alicyclic amines) is 1. The van der Waals surface area contributed by atoms with Crippen LogP contribution >= 0.6 is 0 Å². The van der Waals surface area contributed by atoms with Crippen molar-refractivity contribution in [1.29, 1.82) is 5.26 Å². The van der Waals surface area contributed by atoms with E-state index >= 15 is 0 Å². The largest absolute Gasteiger partial charge is 0.320 e. The second-order valence-corrected chi connectivity index (χ2v) is 5.27. The Bertz CT molecular complexity index is 430. The smallest absolute Gasteiger partial charge is 0.140 e. The van der Waals surface area contributed by atoms with E-state index in [1.807, 2.05) is 19.2 Å².